The van der Waals surface area contributed by atoms with Crippen LogP contribution in [-0.4, -0.2) is 43.3 Å². The van der Waals surface area contributed by atoms with Crippen molar-refractivity contribution in [3.63, 3.8) is 0 Å². The zero-order valence-corrected chi connectivity index (χ0v) is 26.4. The number of amides is 2. The minimum atomic E-state index is -4.32. The van der Waals surface area contributed by atoms with E-state index >= 15 is 0 Å². The molecule has 0 aromatic heterocycles. The van der Waals surface area contributed by atoms with E-state index in [-0.39, 0.29) is 23.5 Å². The Hall–Kier alpha value is -4.21. The van der Waals surface area contributed by atoms with E-state index in [4.69, 9.17) is 11.6 Å². The molecule has 0 unspecified atom stereocenters. The Bertz CT molecular complexity index is 1680. The zero-order chi connectivity index (χ0) is 31.9. The van der Waals surface area contributed by atoms with Crippen LogP contribution < -0.4 is 9.62 Å². The quantitative estimate of drug-likeness (QED) is 0.212. The lowest BCUT2D eigenvalue weighted by molar-refractivity contribution is -0.140. The average Bonchev–Trinajstić information content (AvgIpc) is 2.98. The van der Waals surface area contributed by atoms with Gasteiger partial charge in [0, 0.05) is 23.5 Å². The van der Waals surface area contributed by atoms with E-state index in [1.54, 1.807) is 54.6 Å². The van der Waals surface area contributed by atoms with Gasteiger partial charge in [0.25, 0.3) is 10.0 Å². The van der Waals surface area contributed by atoms with Gasteiger partial charge in [-0.05, 0) is 74.4 Å². The Labute approximate surface area is 263 Å². The van der Waals surface area contributed by atoms with E-state index in [0.717, 1.165) is 34.1 Å². The number of halogens is 2. The number of sulfonamides is 1. The maximum absolute atomic E-state index is 14.4. The molecule has 0 aliphatic carbocycles. The Morgan fingerprint density at radius 3 is 2.00 bits per heavy atom. The van der Waals surface area contributed by atoms with Gasteiger partial charge in [-0.15, -0.1) is 0 Å². The largest absolute Gasteiger partial charge is 0.350 e. The molecule has 1 atom stereocenters. The number of para-hydroxylation sites is 1. The number of carbonyl (C=O) groups is 2. The summed E-state index contributed by atoms with van der Waals surface area (Å²) in [5.41, 5.74) is 1.04. The molecule has 4 rings (SSSR count). The fraction of sp³-hybridized carbons (Fsp3) is 0.235. The minimum absolute atomic E-state index is 0.0488. The SMILES string of the molecule is CC(C)(C)NC(=O)[C@@H](Cc1ccccc1)N(Cc1ccccc1Cl)C(=O)CN(c1ccccc1)S(=O)(=O)c1ccc(F)cc1. The lowest BCUT2D eigenvalue weighted by Gasteiger charge is -2.35. The summed E-state index contributed by atoms with van der Waals surface area (Å²) in [7, 11) is -4.32. The molecule has 4 aromatic rings. The molecule has 0 heterocycles. The molecule has 7 nitrogen and oxygen atoms in total. The van der Waals surface area contributed by atoms with Crippen molar-refractivity contribution in [2.45, 2.75) is 50.2 Å². The Morgan fingerprint density at radius 1 is 0.841 bits per heavy atom. The van der Waals surface area contributed by atoms with Crippen molar-refractivity contribution in [3.8, 4) is 0 Å². The standard InChI is InChI=1S/C34H35ClFN3O4S/c1-34(2,3)37-33(41)31(22-25-12-6-4-7-13-25)38(23-26-14-10-11-17-30(26)35)32(40)24-39(28-15-8-5-9-16-28)44(42,43)29-20-18-27(36)19-21-29/h4-21,31H,22-24H2,1-3H3,(H,37,41)/t31-/m1/s1. The topological polar surface area (TPSA) is 86.8 Å². The van der Waals surface area contributed by atoms with Gasteiger partial charge in [-0.25, -0.2) is 12.8 Å². The van der Waals surface area contributed by atoms with Gasteiger partial charge in [-0.2, -0.15) is 0 Å². The fourth-order valence-electron chi connectivity index (χ4n) is 4.67. The van der Waals surface area contributed by atoms with Gasteiger partial charge >= 0.3 is 0 Å². The Balaban J connectivity index is 1.81. The number of anilines is 1. The summed E-state index contributed by atoms with van der Waals surface area (Å²) in [6, 6.07) is 27.9. The molecule has 4 aromatic carbocycles. The van der Waals surface area contributed by atoms with Gasteiger partial charge in [0.05, 0.1) is 10.6 Å². The monoisotopic (exact) mass is 635 g/mol. The summed E-state index contributed by atoms with van der Waals surface area (Å²) >= 11 is 6.52. The highest BCUT2D eigenvalue weighted by atomic mass is 35.5. The van der Waals surface area contributed by atoms with Gasteiger partial charge in [0.1, 0.15) is 18.4 Å². The third-order valence-corrected chi connectivity index (χ3v) is 8.95. The summed E-state index contributed by atoms with van der Waals surface area (Å²) in [6.07, 6.45) is 0.176. The summed E-state index contributed by atoms with van der Waals surface area (Å²) in [5.74, 6) is -1.61. The average molecular weight is 636 g/mol. The number of nitrogens with zero attached hydrogens (tertiary/aromatic N) is 2. The first-order chi connectivity index (χ1) is 20.8. The highest BCUT2D eigenvalue weighted by molar-refractivity contribution is 7.92. The maximum atomic E-state index is 14.4. The van der Waals surface area contributed by atoms with Crippen LogP contribution in [0.3, 0.4) is 0 Å². The van der Waals surface area contributed by atoms with E-state index < -0.39 is 45.8 Å². The summed E-state index contributed by atoms with van der Waals surface area (Å²) in [5, 5.41) is 3.39. The maximum Gasteiger partial charge on any atom is 0.264 e. The van der Waals surface area contributed by atoms with Crippen LogP contribution in [0.5, 0.6) is 0 Å². The number of rotatable bonds is 11. The van der Waals surface area contributed by atoms with Crippen molar-refractivity contribution >= 4 is 39.1 Å². The lowest BCUT2D eigenvalue weighted by atomic mass is 10.0. The smallest absolute Gasteiger partial charge is 0.264 e. The molecule has 10 heteroatoms. The van der Waals surface area contributed by atoms with E-state index in [1.165, 1.54) is 4.90 Å². The molecule has 2 amide bonds. The normalized spacial score (nSPS) is 12.3. The molecule has 0 radical (unpaired) electrons. The van der Waals surface area contributed by atoms with Crippen molar-refractivity contribution in [2.24, 2.45) is 0 Å². The number of benzene rings is 4. The van der Waals surface area contributed by atoms with Gasteiger partial charge in [0.15, 0.2) is 0 Å². The second-order valence-electron chi connectivity index (χ2n) is 11.4. The zero-order valence-electron chi connectivity index (χ0n) is 24.8. The minimum Gasteiger partial charge on any atom is -0.350 e. The molecule has 0 aliphatic rings. The third-order valence-electron chi connectivity index (χ3n) is 6.79. The van der Waals surface area contributed by atoms with Crippen LogP contribution in [0, 0.1) is 5.82 Å². The predicted molar refractivity (Wildman–Crippen MR) is 171 cm³/mol. The molecule has 0 fully saturated rings. The number of nitrogens with one attached hydrogen (secondary N) is 1. The van der Waals surface area contributed by atoms with Gasteiger partial charge in [-0.3, -0.25) is 13.9 Å². The van der Waals surface area contributed by atoms with Crippen LogP contribution in [0.2, 0.25) is 5.02 Å². The number of hydrogen-bond donors (Lipinski definition) is 1. The van der Waals surface area contributed by atoms with E-state index in [9.17, 15) is 22.4 Å². The molecule has 1 N–H and O–H groups in total. The highest BCUT2D eigenvalue weighted by Gasteiger charge is 2.35. The second kappa shape index (κ2) is 14.1. The molecular formula is C34H35ClFN3O4S. The van der Waals surface area contributed by atoms with Crippen LogP contribution >= 0.6 is 11.6 Å². The van der Waals surface area contributed by atoms with Crippen molar-refractivity contribution in [2.75, 3.05) is 10.8 Å². The van der Waals surface area contributed by atoms with Crippen LogP contribution in [0.1, 0.15) is 31.9 Å². The first kappa shape index (κ1) is 32.7. The first-order valence-electron chi connectivity index (χ1n) is 14.1. The van der Waals surface area contributed by atoms with Crippen LogP contribution in [0.25, 0.3) is 0 Å². The predicted octanol–water partition coefficient (Wildman–Crippen LogP) is 6.23. The van der Waals surface area contributed by atoms with Gasteiger partial charge < -0.3 is 10.2 Å². The molecular weight excluding hydrogens is 601 g/mol. The first-order valence-corrected chi connectivity index (χ1v) is 15.9. The second-order valence-corrected chi connectivity index (χ2v) is 13.6. The summed E-state index contributed by atoms with van der Waals surface area (Å²) < 4.78 is 42.5. The molecule has 0 spiro atoms. The van der Waals surface area contributed by atoms with Crippen LogP contribution in [0.4, 0.5) is 10.1 Å². The van der Waals surface area contributed by atoms with Gasteiger partial charge in [0.2, 0.25) is 11.8 Å². The van der Waals surface area contributed by atoms with Crippen LogP contribution in [0.15, 0.2) is 114 Å². The van der Waals surface area contributed by atoms with E-state index in [2.05, 4.69) is 5.32 Å². The molecule has 0 aliphatic heterocycles. The molecule has 0 saturated carbocycles. The molecule has 44 heavy (non-hydrogen) atoms. The van der Waals surface area contributed by atoms with Gasteiger partial charge in [-0.1, -0.05) is 78.3 Å². The number of hydrogen-bond acceptors (Lipinski definition) is 4. The van der Waals surface area contributed by atoms with Crippen molar-refractivity contribution in [1.82, 2.24) is 10.2 Å². The molecule has 0 saturated heterocycles. The fourth-order valence-corrected chi connectivity index (χ4v) is 6.28. The molecule has 230 valence electrons. The number of carbonyl (C=O) groups excluding carboxylic acids is 2. The highest BCUT2D eigenvalue weighted by Crippen LogP contribution is 2.26. The van der Waals surface area contributed by atoms with E-state index in [1.807, 2.05) is 51.1 Å². The van der Waals surface area contributed by atoms with Crippen molar-refractivity contribution < 1.29 is 22.4 Å². The van der Waals surface area contributed by atoms with E-state index in [0.29, 0.717) is 10.6 Å². The van der Waals surface area contributed by atoms with Crippen LogP contribution in [-0.2, 0) is 32.6 Å². The third kappa shape index (κ3) is 8.45. The Morgan fingerprint density at radius 2 is 1.41 bits per heavy atom. The summed E-state index contributed by atoms with van der Waals surface area (Å²) in [4.78, 5) is 29.5. The summed E-state index contributed by atoms with van der Waals surface area (Å²) in [6.45, 7) is 4.86. The molecule has 0 bridgehead atoms. The lowest BCUT2D eigenvalue weighted by Crippen LogP contribution is -2.56. The van der Waals surface area contributed by atoms with Crippen molar-refractivity contribution in [3.05, 3.63) is 131 Å². The van der Waals surface area contributed by atoms with Crippen molar-refractivity contribution in [1.29, 1.82) is 0 Å². The Kier molecular flexibility index (Phi) is 10.4.